The Bertz CT molecular complexity index is 609. The molecule has 0 aromatic heterocycles. The smallest absolute Gasteiger partial charge is 0.335 e. The van der Waals surface area contributed by atoms with Crippen LogP contribution in [0.5, 0.6) is 0 Å². The first kappa shape index (κ1) is 15.0. The number of sulfonamides is 1. The van der Waals surface area contributed by atoms with Crippen LogP contribution in [0.15, 0.2) is 29.2 Å². The molecule has 0 aliphatic carbocycles. The van der Waals surface area contributed by atoms with Gasteiger partial charge in [0.2, 0.25) is 10.0 Å². The normalized spacial score (nSPS) is 20.4. The van der Waals surface area contributed by atoms with Crippen LogP contribution in [0.3, 0.4) is 0 Å². The summed E-state index contributed by atoms with van der Waals surface area (Å²) in [6.45, 7) is 4.51. The number of carboxylic acid groups (broad SMARTS) is 1. The van der Waals surface area contributed by atoms with E-state index < -0.39 is 16.0 Å². The van der Waals surface area contributed by atoms with E-state index in [0.29, 0.717) is 6.54 Å². The minimum Gasteiger partial charge on any atom is -0.478 e. The summed E-state index contributed by atoms with van der Waals surface area (Å²) in [6, 6.07) is 5.54. The summed E-state index contributed by atoms with van der Waals surface area (Å²) in [4.78, 5) is 11.0. The van der Waals surface area contributed by atoms with Gasteiger partial charge in [-0.2, -0.15) is 4.31 Å². The van der Waals surface area contributed by atoms with E-state index in [2.05, 4.69) is 0 Å². The lowest BCUT2D eigenvalue weighted by Gasteiger charge is -2.27. The topological polar surface area (TPSA) is 74.7 Å². The molecule has 1 saturated heterocycles. The maximum absolute atomic E-state index is 12.7. The van der Waals surface area contributed by atoms with Crippen molar-refractivity contribution in [1.82, 2.24) is 4.31 Å². The van der Waals surface area contributed by atoms with Crippen molar-refractivity contribution >= 4 is 16.0 Å². The molecule has 5 nitrogen and oxygen atoms in total. The second kappa shape index (κ2) is 5.54. The third-order valence-electron chi connectivity index (χ3n) is 3.71. The second-order valence-electron chi connectivity index (χ2n) is 5.40. The average Bonchev–Trinajstić information content (AvgIpc) is 2.89. The number of carboxylic acids is 1. The van der Waals surface area contributed by atoms with Crippen LogP contribution in [0.25, 0.3) is 0 Å². The minimum absolute atomic E-state index is 0.00603. The summed E-state index contributed by atoms with van der Waals surface area (Å²) in [5, 5.41) is 8.97. The summed E-state index contributed by atoms with van der Waals surface area (Å²) in [7, 11) is -3.62. The molecule has 0 spiro atoms. The molecule has 1 aromatic carbocycles. The van der Waals surface area contributed by atoms with Crippen molar-refractivity contribution in [2.24, 2.45) is 5.92 Å². The molecule has 2 rings (SSSR count). The van der Waals surface area contributed by atoms with E-state index in [1.165, 1.54) is 28.6 Å². The molecule has 1 atom stereocenters. The van der Waals surface area contributed by atoms with E-state index in [9.17, 15) is 13.2 Å². The first-order chi connectivity index (χ1) is 9.34. The highest BCUT2D eigenvalue weighted by molar-refractivity contribution is 7.89. The lowest BCUT2D eigenvalue weighted by Crippen LogP contribution is -2.38. The second-order valence-corrected chi connectivity index (χ2v) is 7.29. The number of carbonyl (C=O) groups is 1. The standard InChI is InChI=1S/C14H19NO4S/c1-10(2)13-7-4-8-15(13)20(18,19)12-6-3-5-11(9-12)14(16)17/h3,5-6,9-10,13H,4,7-8H2,1-2H3,(H,16,17). The van der Waals surface area contributed by atoms with Gasteiger partial charge in [0.1, 0.15) is 0 Å². The van der Waals surface area contributed by atoms with Crippen molar-refractivity contribution in [3.63, 3.8) is 0 Å². The molecule has 1 aromatic rings. The van der Waals surface area contributed by atoms with Crippen LogP contribution in [0.1, 0.15) is 37.0 Å². The molecular formula is C14H19NO4S. The third kappa shape index (κ3) is 2.71. The predicted octanol–water partition coefficient (Wildman–Crippen LogP) is 2.19. The molecule has 1 heterocycles. The molecule has 20 heavy (non-hydrogen) atoms. The highest BCUT2D eigenvalue weighted by Gasteiger charge is 2.36. The molecule has 1 aliphatic heterocycles. The largest absolute Gasteiger partial charge is 0.478 e. The van der Waals surface area contributed by atoms with Gasteiger partial charge in [-0.25, -0.2) is 13.2 Å². The maximum atomic E-state index is 12.7. The van der Waals surface area contributed by atoms with Crippen LogP contribution in [0.4, 0.5) is 0 Å². The Morgan fingerprint density at radius 3 is 2.70 bits per heavy atom. The van der Waals surface area contributed by atoms with E-state index in [1.54, 1.807) is 0 Å². The number of nitrogens with zero attached hydrogens (tertiary/aromatic N) is 1. The van der Waals surface area contributed by atoms with Crippen molar-refractivity contribution in [2.45, 2.75) is 37.6 Å². The Morgan fingerprint density at radius 1 is 1.40 bits per heavy atom. The van der Waals surface area contributed by atoms with Gasteiger partial charge in [0, 0.05) is 12.6 Å². The molecule has 0 radical (unpaired) electrons. The maximum Gasteiger partial charge on any atom is 0.335 e. The molecule has 0 bridgehead atoms. The number of aromatic carboxylic acids is 1. The summed E-state index contributed by atoms with van der Waals surface area (Å²) < 4.78 is 26.8. The van der Waals surface area contributed by atoms with Crippen LogP contribution >= 0.6 is 0 Å². The molecular weight excluding hydrogens is 278 g/mol. The van der Waals surface area contributed by atoms with Crippen LogP contribution < -0.4 is 0 Å². The molecule has 110 valence electrons. The Balaban J connectivity index is 2.40. The third-order valence-corrected chi connectivity index (χ3v) is 5.63. The van der Waals surface area contributed by atoms with Crippen molar-refractivity contribution < 1.29 is 18.3 Å². The molecule has 0 amide bonds. The highest BCUT2D eigenvalue weighted by Crippen LogP contribution is 2.30. The quantitative estimate of drug-likeness (QED) is 0.924. The van der Waals surface area contributed by atoms with E-state index >= 15 is 0 Å². The van der Waals surface area contributed by atoms with Gasteiger partial charge in [-0.1, -0.05) is 19.9 Å². The van der Waals surface area contributed by atoms with Gasteiger partial charge in [0.05, 0.1) is 10.5 Å². The fourth-order valence-electron chi connectivity index (χ4n) is 2.66. The first-order valence-corrected chi connectivity index (χ1v) is 8.13. The zero-order chi connectivity index (χ0) is 14.9. The Labute approximate surface area is 119 Å². The van der Waals surface area contributed by atoms with Gasteiger partial charge < -0.3 is 5.11 Å². The summed E-state index contributed by atoms with van der Waals surface area (Å²) in [6.07, 6.45) is 1.70. The molecule has 1 fully saturated rings. The fourth-order valence-corrected chi connectivity index (χ4v) is 4.53. The number of hydrogen-bond donors (Lipinski definition) is 1. The lowest BCUT2D eigenvalue weighted by molar-refractivity contribution is 0.0696. The molecule has 1 N–H and O–H groups in total. The van der Waals surface area contributed by atoms with Gasteiger partial charge in [-0.05, 0) is 37.0 Å². The zero-order valence-corrected chi connectivity index (χ0v) is 12.4. The van der Waals surface area contributed by atoms with Crippen molar-refractivity contribution in [2.75, 3.05) is 6.54 Å². The van der Waals surface area contributed by atoms with Gasteiger partial charge in [0.15, 0.2) is 0 Å². The van der Waals surface area contributed by atoms with Crippen molar-refractivity contribution in [1.29, 1.82) is 0 Å². The summed E-state index contributed by atoms with van der Waals surface area (Å²) in [5.74, 6) is -0.876. The Kier molecular flexibility index (Phi) is 4.15. The van der Waals surface area contributed by atoms with Gasteiger partial charge in [0.25, 0.3) is 0 Å². The van der Waals surface area contributed by atoms with Gasteiger partial charge in [-0.3, -0.25) is 0 Å². The zero-order valence-electron chi connectivity index (χ0n) is 11.6. The molecule has 6 heteroatoms. The number of hydrogen-bond acceptors (Lipinski definition) is 3. The summed E-state index contributed by atoms with van der Waals surface area (Å²) >= 11 is 0. The van der Waals surface area contributed by atoms with Crippen molar-refractivity contribution in [3.8, 4) is 0 Å². The van der Waals surface area contributed by atoms with Crippen LogP contribution in [-0.4, -0.2) is 36.4 Å². The van der Waals surface area contributed by atoms with E-state index in [-0.39, 0.29) is 22.4 Å². The number of benzene rings is 1. The van der Waals surface area contributed by atoms with Crippen LogP contribution in [0.2, 0.25) is 0 Å². The predicted molar refractivity (Wildman–Crippen MR) is 75.2 cm³/mol. The fraction of sp³-hybridized carbons (Fsp3) is 0.500. The molecule has 0 saturated carbocycles. The Morgan fingerprint density at radius 2 is 2.10 bits per heavy atom. The van der Waals surface area contributed by atoms with E-state index in [4.69, 9.17) is 5.11 Å². The minimum atomic E-state index is -3.62. The monoisotopic (exact) mass is 297 g/mol. The van der Waals surface area contributed by atoms with Crippen LogP contribution in [-0.2, 0) is 10.0 Å². The van der Waals surface area contributed by atoms with E-state index in [0.717, 1.165) is 12.8 Å². The van der Waals surface area contributed by atoms with Crippen LogP contribution in [0, 0.1) is 5.92 Å². The first-order valence-electron chi connectivity index (χ1n) is 6.69. The highest BCUT2D eigenvalue weighted by atomic mass is 32.2. The Hall–Kier alpha value is -1.40. The summed E-state index contributed by atoms with van der Waals surface area (Å²) in [5.41, 5.74) is -0.00799. The van der Waals surface area contributed by atoms with E-state index in [1.807, 2.05) is 13.8 Å². The average molecular weight is 297 g/mol. The van der Waals surface area contributed by atoms with Crippen molar-refractivity contribution in [3.05, 3.63) is 29.8 Å². The van der Waals surface area contributed by atoms with Gasteiger partial charge >= 0.3 is 5.97 Å². The number of rotatable bonds is 4. The molecule has 1 unspecified atom stereocenters. The molecule has 1 aliphatic rings. The van der Waals surface area contributed by atoms with Gasteiger partial charge in [-0.15, -0.1) is 0 Å². The lowest BCUT2D eigenvalue weighted by atomic mass is 10.0. The SMILES string of the molecule is CC(C)C1CCCN1S(=O)(=O)c1cccc(C(=O)O)c1.